The van der Waals surface area contributed by atoms with Gasteiger partial charge in [-0.05, 0) is 18.1 Å². The van der Waals surface area contributed by atoms with E-state index in [1.807, 2.05) is 6.07 Å². The average molecular weight is 228 g/mol. The molecule has 0 bridgehead atoms. The van der Waals surface area contributed by atoms with Crippen molar-refractivity contribution < 1.29 is 18.1 Å². The largest absolute Gasteiger partial charge is 0.372 e. The lowest BCUT2D eigenvalue weighted by molar-refractivity contribution is 0.266. The van der Waals surface area contributed by atoms with E-state index in [1.165, 1.54) is 13.0 Å². The molecule has 1 aromatic rings. The van der Waals surface area contributed by atoms with E-state index in [9.17, 15) is 13.5 Å². The van der Waals surface area contributed by atoms with Crippen LogP contribution in [0.1, 0.15) is 12.5 Å². The second-order valence-electron chi connectivity index (χ2n) is 3.17. The Morgan fingerprint density at radius 2 is 1.87 bits per heavy atom. The molecule has 2 N–H and O–H groups in total. The number of aliphatic hydroxyl groups excluding tert-OH is 1. The van der Waals surface area contributed by atoms with E-state index in [4.69, 9.17) is 4.55 Å². The quantitative estimate of drug-likeness (QED) is 0.764. The number of aliphatic hydroxyl groups is 1. The highest BCUT2D eigenvalue weighted by Gasteiger charge is 2.20. The third-order valence-corrected chi connectivity index (χ3v) is 2.80. The van der Waals surface area contributed by atoms with Crippen molar-refractivity contribution in [3.63, 3.8) is 0 Å². The van der Waals surface area contributed by atoms with E-state index >= 15 is 0 Å². The summed E-state index contributed by atoms with van der Waals surface area (Å²) >= 11 is 0. The minimum absolute atomic E-state index is 0.170. The summed E-state index contributed by atoms with van der Waals surface area (Å²) in [6.45, 7) is 1.44. The predicted octanol–water partition coefficient (Wildman–Crippen LogP) is 1.30. The molecule has 15 heavy (non-hydrogen) atoms. The third kappa shape index (κ3) is 3.47. The van der Waals surface area contributed by atoms with E-state index in [2.05, 4.69) is 0 Å². The Hall–Kier alpha value is -1.17. The van der Waals surface area contributed by atoms with Crippen LogP contribution in [-0.2, 0) is 10.1 Å². The van der Waals surface area contributed by atoms with Crippen molar-refractivity contribution >= 4 is 16.2 Å². The van der Waals surface area contributed by atoms with Crippen molar-refractivity contribution in [2.45, 2.75) is 12.4 Å². The molecule has 0 aliphatic carbocycles. The summed E-state index contributed by atoms with van der Waals surface area (Å²) in [5.74, 6) is 0. The molecule has 0 amide bonds. The summed E-state index contributed by atoms with van der Waals surface area (Å²) in [6, 6.07) is 8.93. The molecule has 0 radical (unpaired) electrons. The summed E-state index contributed by atoms with van der Waals surface area (Å²) in [5.41, 5.74) is -0.931. The molecule has 1 aromatic carbocycles. The van der Waals surface area contributed by atoms with Crippen molar-refractivity contribution in [1.82, 2.24) is 0 Å². The molecule has 1 rings (SSSR count). The van der Waals surface area contributed by atoms with Crippen LogP contribution in [0.15, 0.2) is 35.9 Å². The average Bonchev–Trinajstić information content (AvgIpc) is 2.16. The van der Waals surface area contributed by atoms with Crippen LogP contribution in [0, 0.1) is 0 Å². The minimum Gasteiger partial charge on any atom is -0.372 e. The van der Waals surface area contributed by atoms with E-state index in [-0.39, 0.29) is 5.57 Å². The van der Waals surface area contributed by atoms with Crippen molar-refractivity contribution in [2.75, 3.05) is 0 Å². The molecule has 0 aromatic heterocycles. The van der Waals surface area contributed by atoms with Gasteiger partial charge in [-0.3, -0.25) is 4.55 Å². The van der Waals surface area contributed by atoms with Crippen molar-refractivity contribution in [3.8, 4) is 0 Å². The maximum absolute atomic E-state index is 10.6. The van der Waals surface area contributed by atoms with Gasteiger partial charge in [-0.2, -0.15) is 8.42 Å². The topological polar surface area (TPSA) is 74.6 Å². The highest BCUT2D eigenvalue weighted by Crippen LogP contribution is 2.12. The molecule has 0 aliphatic heterocycles. The van der Waals surface area contributed by atoms with Crippen LogP contribution >= 0.6 is 0 Å². The highest BCUT2D eigenvalue weighted by atomic mass is 32.2. The molecule has 0 saturated carbocycles. The molecule has 0 heterocycles. The normalized spacial score (nSPS) is 15.0. The van der Waals surface area contributed by atoms with Crippen LogP contribution in [0.5, 0.6) is 0 Å². The third-order valence-electron chi connectivity index (χ3n) is 1.87. The fourth-order valence-corrected chi connectivity index (χ4v) is 1.66. The van der Waals surface area contributed by atoms with E-state index < -0.39 is 15.6 Å². The van der Waals surface area contributed by atoms with E-state index in [1.54, 1.807) is 24.3 Å². The second kappa shape index (κ2) is 4.57. The summed E-state index contributed by atoms with van der Waals surface area (Å²) in [6.07, 6.45) is 1.50. The first-order valence-electron chi connectivity index (χ1n) is 4.29. The lowest BCUT2D eigenvalue weighted by Gasteiger charge is -2.07. The zero-order valence-electron chi connectivity index (χ0n) is 8.16. The summed E-state index contributed by atoms with van der Waals surface area (Å²) in [5, 5.41) is 9.21. The smallest absolute Gasteiger partial charge is 0.296 e. The van der Waals surface area contributed by atoms with Crippen LogP contribution in [0.3, 0.4) is 0 Å². The SMILES string of the molecule is C/C(=C\c1ccccc1)[C@@H](O)S(=O)(=O)O. The molecular formula is C10H12O4S. The molecule has 82 valence electrons. The molecule has 5 heteroatoms. The second-order valence-corrected chi connectivity index (χ2v) is 4.64. The summed E-state index contributed by atoms with van der Waals surface area (Å²) in [4.78, 5) is 0. The fourth-order valence-electron chi connectivity index (χ4n) is 1.12. The van der Waals surface area contributed by atoms with Gasteiger partial charge in [-0.1, -0.05) is 36.4 Å². The molecule has 0 unspecified atom stereocenters. The monoisotopic (exact) mass is 228 g/mol. The predicted molar refractivity (Wildman–Crippen MR) is 57.6 cm³/mol. The number of rotatable bonds is 3. The first kappa shape index (κ1) is 11.9. The maximum Gasteiger partial charge on any atom is 0.296 e. The van der Waals surface area contributed by atoms with Crippen LogP contribution in [0.25, 0.3) is 6.08 Å². The lowest BCUT2D eigenvalue weighted by Crippen LogP contribution is -2.20. The molecular weight excluding hydrogens is 216 g/mol. The molecule has 0 saturated heterocycles. The molecule has 0 spiro atoms. The summed E-state index contributed by atoms with van der Waals surface area (Å²) < 4.78 is 29.9. The van der Waals surface area contributed by atoms with E-state index in [0.717, 1.165) is 5.56 Å². The Balaban J connectivity index is 2.95. The zero-order valence-corrected chi connectivity index (χ0v) is 8.98. The Morgan fingerprint density at radius 3 is 2.33 bits per heavy atom. The van der Waals surface area contributed by atoms with Gasteiger partial charge in [-0.15, -0.1) is 0 Å². The van der Waals surface area contributed by atoms with Crippen LogP contribution in [0.4, 0.5) is 0 Å². The highest BCUT2D eigenvalue weighted by molar-refractivity contribution is 7.86. The Kier molecular flexibility index (Phi) is 3.62. The number of benzene rings is 1. The number of hydrogen-bond acceptors (Lipinski definition) is 3. The Bertz CT molecular complexity index is 448. The Labute approximate surface area is 88.6 Å². The first-order valence-corrected chi connectivity index (χ1v) is 5.79. The van der Waals surface area contributed by atoms with Gasteiger partial charge < -0.3 is 5.11 Å². The summed E-state index contributed by atoms with van der Waals surface area (Å²) in [7, 11) is -4.43. The van der Waals surface area contributed by atoms with Gasteiger partial charge in [0.05, 0.1) is 0 Å². The van der Waals surface area contributed by atoms with Gasteiger partial charge >= 0.3 is 0 Å². The Morgan fingerprint density at radius 1 is 1.33 bits per heavy atom. The molecule has 4 nitrogen and oxygen atoms in total. The fraction of sp³-hybridized carbons (Fsp3) is 0.200. The standard InChI is InChI=1S/C10H12O4S/c1-8(10(11)15(12,13)14)7-9-5-3-2-4-6-9/h2-7,10-11H,1H3,(H,12,13,14)/b8-7+/t10-/m0/s1. The van der Waals surface area contributed by atoms with Gasteiger partial charge in [0, 0.05) is 0 Å². The molecule has 0 aliphatic rings. The van der Waals surface area contributed by atoms with Crippen molar-refractivity contribution in [1.29, 1.82) is 0 Å². The maximum atomic E-state index is 10.6. The molecule has 0 fully saturated rings. The van der Waals surface area contributed by atoms with Crippen molar-refractivity contribution in [3.05, 3.63) is 41.5 Å². The van der Waals surface area contributed by atoms with Gasteiger partial charge in [0.25, 0.3) is 10.1 Å². The lowest BCUT2D eigenvalue weighted by atomic mass is 10.1. The molecule has 1 atom stereocenters. The van der Waals surface area contributed by atoms with Gasteiger partial charge in [0.15, 0.2) is 0 Å². The van der Waals surface area contributed by atoms with Crippen LogP contribution in [-0.4, -0.2) is 23.5 Å². The van der Waals surface area contributed by atoms with Gasteiger partial charge in [0.1, 0.15) is 0 Å². The minimum atomic E-state index is -4.43. The first-order chi connectivity index (χ1) is 6.91. The van der Waals surface area contributed by atoms with Crippen LogP contribution in [0.2, 0.25) is 0 Å². The van der Waals surface area contributed by atoms with Gasteiger partial charge in [0.2, 0.25) is 5.44 Å². The van der Waals surface area contributed by atoms with E-state index in [0.29, 0.717) is 0 Å². The number of hydrogen-bond donors (Lipinski definition) is 2. The van der Waals surface area contributed by atoms with Crippen LogP contribution < -0.4 is 0 Å². The zero-order chi connectivity index (χ0) is 11.5. The van der Waals surface area contributed by atoms with Gasteiger partial charge in [-0.25, -0.2) is 0 Å². The van der Waals surface area contributed by atoms with Crippen molar-refractivity contribution in [2.24, 2.45) is 0 Å².